The van der Waals surface area contributed by atoms with Gasteiger partial charge in [0.2, 0.25) is 0 Å². The molecule has 0 saturated carbocycles. The molecule has 1 aliphatic heterocycles. The molecule has 0 spiro atoms. The van der Waals surface area contributed by atoms with Crippen molar-refractivity contribution in [1.29, 1.82) is 0 Å². The molecule has 15 heavy (non-hydrogen) atoms. The van der Waals surface area contributed by atoms with E-state index in [1.165, 1.54) is 17.5 Å². The molecule has 82 valence electrons. The molecule has 2 N–H and O–H groups in total. The van der Waals surface area contributed by atoms with E-state index in [0.29, 0.717) is 5.92 Å². The largest absolute Gasteiger partial charge is 0.493 e. The van der Waals surface area contributed by atoms with E-state index in [4.69, 9.17) is 10.5 Å². The predicted octanol–water partition coefficient (Wildman–Crippen LogP) is 2.60. The Bertz CT molecular complexity index is 335. The Morgan fingerprint density at radius 2 is 2.33 bits per heavy atom. The topological polar surface area (TPSA) is 35.2 Å². The molecule has 1 heterocycles. The van der Waals surface area contributed by atoms with E-state index in [1.54, 1.807) is 0 Å². The van der Waals surface area contributed by atoms with Gasteiger partial charge in [-0.3, -0.25) is 0 Å². The van der Waals surface area contributed by atoms with Gasteiger partial charge in [0.15, 0.2) is 0 Å². The fraction of sp³-hybridized carbons (Fsp3) is 0.538. The van der Waals surface area contributed by atoms with Crippen molar-refractivity contribution < 1.29 is 4.74 Å². The summed E-state index contributed by atoms with van der Waals surface area (Å²) in [5.74, 6) is 1.66. The SMILES string of the molecule is Cc1ccc2c(c1)C(CCN)CCCO2. The maximum atomic E-state index is 5.74. The fourth-order valence-corrected chi connectivity index (χ4v) is 2.29. The van der Waals surface area contributed by atoms with Gasteiger partial charge < -0.3 is 10.5 Å². The van der Waals surface area contributed by atoms with E-state index >= 15 is 0 Å². The van der Waals surface area contributed by atoms with Crippen LogP contribution in [0.3, 0.4) is 0 Å². The van der Waals surface area contributed by atoms with Gasteiger partial charge in [-0.15, -0.1) is 0 Å². The summed E-state index contributed by atoms with van der Waals surface area (Å²) in [7, 11) is 0. The van der Waals surface area contributed by atoms with Crippen LogP contribution >= 0.6 is 0 Å². The third-order valence-electron chi connectivity index (χ3n) is 3.07. The molecule has 2 nitrogen and oxygen atoms in total. The molecular formula is C13H19NO. The van der Waals surface area contributed by atoms with E-state index in [9.17, 15) is 0 Å². The maximum Gasteiger partial charge on any atom is 0.122 e. The summed E-state index contributed by atoms with van der Waals surface area (Å²) in [5.41, 5.74) is 8.33. The van der Waals surface area contributed by atoms with E-state index in [2.05, 4.69) is 25.1 Å². The Labute approximate surface area is 91.4 Å². The second-order valence-electron chi connectivity index (χ2n) is 4.31. The number of rotatable bonds is 2. The van der Waals surface area contributed by atoms with Crippen molar-refractivity contribution in [3.8, 4) is 5.75 Å². The molecule has 0 saturated heterocycles. The lowest BCUT2D eigenvalue weighted by molar-refractivity contribution is 0.316. The van der Waals surface area contributed by atoms with Gasteiger partial charge >= 0.3 is 0 Å². The minimum atomic E-state index is 0.590. The Balaban J connectivity index is 2.33. The van der Waals surface area contributed by atoms with Crippen molar-refractivity contribution in [2.24, 2.45) is 5.73 Å². The van der Waals surface area contributed by atoms with Crippen molar-refractivity contribution in [2.45, 2.75) is 32.1 Å². The molecule has 0 amide bonds. The van der Waals surface area contributed by atoms with Crippen molar-refractivity contribution in [3.05, 3.63) is 29.3 Å². The molecular weight excluding hydrogens is 186 g/mol. The summed E-state index contributed by atoms with van der Waals surface area (Å²) in [6.45, 7) is 3.74. The average Bonchev–Trinajstić information content (AvgIpc) is 2.42. The minimum absolute atomic E-state index is 0.590. The molecule has 0 radical (unpaired) electrons. The highest BCUT2D eigenvalue weighted by molar-refractivity contribution is 5.40. The first-order valence-corrected chi connectivity index (χ1v) is 5.74. The monoisotopic (exact) mass is 205 g/mol. The van der Waals surface area contributed by atoms with Gasteiger partial charge in [-0.1, -0.05) is 17.7 Å². The summed E-state index contributed by atoms with van der Waals surface area (Å²) in [6, 6.07) is 6.46. The maximum absolute atomic E-state index is 5.74. The van der Waals surface area contributed by atoms with Crippen LogP contribution in [0.25, 0.3) is 0 Å². The standard InChI is InChI=1S/C13H19NO/c1-10-4-5-13-12(9-10)11(6-7-14)3-2-8-15-13/h4-5,9,11H,2-3,6-8,14H2,1H3. The minimum Gasteiger partial charge on any atom is -0.493 e. The van der Waals surface area contributed by atoms with Crippen LogP contribution in [0.4, 0.5) is 0 Å². The quantitative estimate of drug-likeness (QED) is 0.805. The van der Waals surface area contributed by atoms with Crippen molar-refractivity contribution >= 4 is 0 Å². The van der Waals surface area contributed by atoms with Gasteiger partial charge in [0.05, 0.1) is 6.61 Å². The van der Waals surface area contributed by atoms with Gasteiger partial charge in [-0.25, -0.2) is 0 Å². The van der Waals surface area contributed by atoms with Crippen LogP contribution in [0.1, 0.15) is 36.3 Å². The second kappa shape index (κ2) is 4.67. The van der Waals surface area contributed by atoms with Crippen LogP contribution in [0.15, 0.2) is 18.2 Å². The lowest BCUT2D eigenvalue weighted by Gasteiger charge is -2.16. The van der Waals surface area contributed by atoms with Gasteiger partial charge in [-0.2, -0.15) is 0 Å². The number of benzene rings is 1. The lowest BCUT2D eigenvalue weighted by Crippen LogP contribution is -2.07. The smallest absolute Gasteiger partial charge is 0.122 e. The van der Waals surface area contributed by atoms with Crippen molar-refractivity contribution in [2.75, 3.05) is 13.2 Å². The van der Waals surface area contributed by atoms with Crippen LogP contribution in [-0.4, -0.2) is 13.2 Å². The van der Waals surface area contributed by atoms with Gasteiger partial charge in [-0.05, 0) is 50.3 Å². The van der Waals surface area contributed by atoms with Crippen LogP contribution < -0.4 is 10.5 Å². The lowest BCUT2D eigenvalue weighted by atomic mass is 9.90. The van der Waals surface area contributed by atoms with Gasteiger partial charge in [0.25, 0.3) is 0 Å². The highest BCUT2D eigenvalue weighted by atomic mass is 16.5. The Morgan fingerprint density at radius 3 is 3.13 bits per heavy atom. The van der Waals surface area contributed by atoms with E-state index < -0.39 is 0 Å². The normalized spacial score (nSPS) is 20.3. The Kier molecular flexibility index (Phi) is 3.27. The number of hydrogen-bond donors (Lipinski definition) is 1. The average molecular weight is 205 g/mol. The molecule has 1 aliphatic rings. The molecule has 2 rings (SSSR count). The number of fused-ring (bicyclic) bond motifs is 1. The first-order chi connectivity index (χ1) is 7.31. The number of nitrogens with two attached hydrogens (primary N) is 1. The first-order valence-electron chi connectivity index (χ1n) is 5.74. The molecule has 1 unspecified atom stereocenters. The zero-order valence-electron chi connectivity index (χ0n) is 9.33. The summed E-state index contributed by atoms with van der Waals surface area (Å²) >= 11 is 0. The molecule has 1 aromatic carbocycles. The van der Waals surface area contributed by atoms with Crippen molar-refractivity contribution in [3.63, 3.8) is 0 Å². The molecule has 0 fully saturated rings. The van der Waals surface area contributed by atoms with Crippen LogP contribution in [-0.2, 0) is 0 Å². The van der Waals surface area contributed by atoms with Crippen LogP contribution in [0, 0.1) is 6.92 Å². The Hall–Kier alpha value is -1.02. The highest BCUT2D eigenvalue weighted by Crippen LogP contribution is 2.35. The zero-order chi connectivity index (χ0) is 10.7. The summed E-state index contributed by atoms with van der Waals surface area (Å²) in [4.78, 5) is 0. The zero-order valence-corrected chi connectivity index (χ0v) is 9.33. The predicted molar refractivity (Wildman–Crippen MR) is 62.3 cm³/mol. The highest BCUT2D eigenvalue weighted by Gasteiger charge is 2.18. The van der Waals surface area contributed by atoms with Gasteiger partial charge in [0.1, 0.15) is 5.75 Å². The number of ether oxygens (including phenoxy) is 1. The fourth-order valence-electron chi connectivity index (χ4n) is 2.29. The summed E-state index contributed by atoms with van der Waals surface area (Å²) in [5, 5.41) is 0. The molecule has 0 aliphatic carbocycles. The molecule has 1 atom stereocenters. The summed E-state index contributed by atoms with van der Waals surface area (Å²) < 4.78 is 5.74. The molecule has 1 aromatic rings. The molecule has 2 heteroatoms. The molecule has 0 bridgehead atoms. The van der Waals surface area contributed by atoms with Gasteiger partial charge in [0, 0.05) is 0 Å². The first kappa shape index (κ1) is 10.5. The van der Waals surface area contributed by atoms with Crippen LogP contribution in [0.5, 0.6) is 5.75 Å². The second-order valence-corrected chi connectivity index (χ2v) is 4.31. The van der Waals surface area contributed by atoms with E-state index in [1.807, 2.05) is 0 Å². The van der Waals surface area contributed by atoms with Crippen molar-refractivity contribution in [1.82, 2.24) is 0 Å². The molecule has 0 aromatic heterocycles. The third kappa shape index (κ3) is 2.32. The number of aryl methyl sites for hydroxylation is 1. The summed E-state index contributed by atoms with van der Waals surface area (Å²) in [6.07, 6.45) is 3.41. The van der Waals surface area contributed by atoms with E-state index in [-0.39, 0.29) is 0 Å². The Morgan fingerprint density at radius 1 is 1.47 bits per heavy atom. The van der Waals surface area contributed by atoms with E-state index in [0.717, 1.165) is 31.7 Å². The third-order valence-corrected chi connectivity index (χ3v) is 3.07. The van der Waals surface area contributed by atoms with Crippen LogP contribution in [0.2, 0.25) is 0 Å². The number of hydrogen-bond acceptors (Lipinski definition) is 2.